The standard InChI is InChI=1S/C20H12F4O2/c1-2-15-16(21)18(23)20(19(24)17(15)22)26-14-9-5-12(6-10-14)11-3-7-13(25)8-4-11/h2-10,25H,1H2. The van der Waals surface area contributed by atoms with Crippen LogP contribution in [0.1, 0.15) is 5.56 Å². The molecule has 0 spiro atoms. The van der Waals surface area contributed by atoms with E-state index in [1.807, 2.05) is 0 Å². The van der Waals surface area contributed by atoms with Gasteiger partial charge in [0.1, 0.15) is 11.5 Å². The molecule has 3 rings (SSSR count). The summed E-state index contributed by atoms with van der Waals surface area (Å²) in [6.07, 6.45) is 0.688. The molecule has 0 radical (unpaired) electrons. The first-order valence-electron chi connectivity index (χ1n) is 7.48. The van der Waals surface area contributed by atoms with E-state index in [2.05, 4.69) is 6.58 Å². The van der Waals surface area contributed by atoms with Crippen LogP contribution in [0.3, 0.4) is 0 Å². The molecule has 0 atom stereocenters. The third-order valence-electron chi connectivity index (χ3n) is 3.74. The summed E-state index contributed by atoms with van der Waals surface area (Å²) in [4.78, 5) is 0. The minimum atomic E-state index is -1.64. The van der Waals surface area contributed by atoms with Crippen LogP contribution in [0.2, 0.25) is 0 Å². The van der Waals surface area contributed by atoms with Gasteiger partial charge in [-0.1, -0.05) is 36.9 Å². The number of hydrogen-bond donors (Lipinski definition) is 1. The summed E-state index contributed by atoms with van der Waals surface area (Å²) in [5.74, 6) is -7.47. The average molecular weight is 360 g/mol. The van der Waals surface area contributed by atoms with Crippen LogP contribution >= 0.6 is 0 Å². The van der Waals surface area contributed by atoms with Crippen molar-refractivity contribution in [3.63, 3.8) is 0 Å². The fourth-order valence-corrected chi connectivity index (χ4v) is 2.38. The van der Waals surface area contributed by atoms with Crippen LogP contribution in [0.5, 0.6) is 17.2 Å². The summed E-state index contributed by atoms with van der Waals surface area (Å²) in [5.41, 5.74) is 0.645. The highest BCUT2D eigenvalue weighted by atomic mass is 19.2. The Morgan fingerprint density at radius 3 is 1.65 bits per heavy atom. The molecule has 3 aromatic carbocycles. The molecule has 0 heterocycles. The topological polar surface area (TPSA) is 29.5 Å². The maximum absolute atomic E-state index is 14.0. The predicted octanol–water partition coefficient (Wildman–Crippen LogP) is 6.05. The smallest absolute Gasteiger partial charge is 0.205 e. The van der Waals surface area contributed by atoms with Gasteiger partial charge in [0.25, 0.3) is 0 Å². The summed E-state index contributed by atoms with van der Waals surface area (Å²) in [7, 11) is 0. The monoisotopic (exact) mass is 360 g/mol. The van der Waals surface area contributed by atoms with E-state index in [1.54, 1.807) is 24.3 Å². The van der Waals surface area contributed by atoms with Gasteiger partial charge in [-0.05, 0) is 35.4 Å². The van der Waals surface area contributed by atoms with Crippen molar-refractivity contribution in [3.8, 4) is 28.4 Å². The summed E-state index contributed by atoms with van der Waals surface area (Å²) in [6.45, 7) is 3.12. The minimum Gasteiger partial charge on any atom is -0.508 e. The highest BCUT2D eigenvalue weighted by Gasteiger charge is 2.25. The van der Waals surface area contributed by atoms with E-state index in [4.69, 9.17) is 4.74 Å². The van der Waals surface area contributed by atoms with Crippen LogP contribution in [-0.4, -0.2) is 5.11 Å². The highest BCUT2D eigenvalue weighted by Crippen LogP contribution is 2.34. The van der Waals surface area contributed by atoms with Crippen molar-refractivity contribution < 1.29 is 27.4 Å². The number of halogens is 4. The second kappa shape index (κ2) is 6.92. The lowest BCUT2D eigenvalue weighted by Crippen LogP contribution is -2.03. The third-order valence-corrected chi connectivity index (χ3v) is 3.74. The molecule has 132 valence electrons. The Morgan fingerprint density at radius 2 is 1.19 bits per heavy atom. The zero-order chi connectivity index (χ0) is 18.8. The van der Waals surface area contributed by atoms with Crippen LogP contribution < -0.4 is 4.74 Å². The number of aromatic hydroxyl groups is 1. The molecule has 3 aromatic rings. The van der Waals surface area contributed by atoms with E-state index < -0.39 is 34.6 Å². The molecular weight excluding hydrogens is 348 g/mol. The molecule has 2 nitrogen and oxygen atoms in total. The van der Waals surface area contributed by atoms with Crippen LogP contribution in [0.15, 0.2) is 55.1 Å². The summed E-state index contributed by atoms with van der Waals surface area (Å²) < 4.78 is 60.5. The Kier molecular flexibility index (Phi) is 4.67. The average Bonchev–Trinajstić information content (AvgIpc) is 2.65. The lowest BCUT2D eigenvalue weighted by atomic mass is 10.1. The SMILES string of the molecule is C=Cc1c(F)c(F)c(Oc2ccc(-c3ccc(O)cc3)cc2)c(F)c1F. The van der Waals surface area contributed by atoms with Gasteiger partial charge >= 0.3 is 0 Å². The molecule has 0 unspecified atom stereocenters. The maximum atomic E-state index is 14.0. The van der Waals surface area contributed by atoms with Gasteiger partial charge in [-0.25, -0.2) is 8.78 Å². The van der Waals surface area contributed by atoms with Gasteiger partial charge in [-0.15, -0.1) is 0 Å². The van der Waals surface area contributed by atoms with Gasteiger partial charge in [-0.2, -0.15) is 8.78 Å². The van der Waals surface area contributed by atoms with Crippen molar-refractivity contribution in [2.45, 2.75) is 0 Å². The Balaban J connectivity index is 1.93. The summed E-state index contributed by atoms with van der Waals surface area (Å²) >= 11 is 0. The first kappa shape index (κ1) is 17.5. The van der Waals surface area contributed by atoms with E-state index in [9.17, 15) is 22.7 Å². The third kappa shape index (κ3) is 3.13. The Morgan fingerprint density at radius 1 is 0.731 bits per heavy atom. The van der Waals surface area contributed by atoms with E-state index in [0.717, 1.165) is 11.1 Å². The lowest BCUT2D eigenvalue weighted by molar-refractivity contribution is 0.365. The Hall–Kier alpha value is -3.28. The molecule has 0 fully saturated rings. The fourth-order valence-electron chi connectivity index (χ4n) is 2.38. The lowest BCUT2D eigenvalue weighted by Gasteiger charge is -2.11. The molecular formula is C20H12F4O2. The molecule has 1 N–H and O–H groups in total. The zero-order valence-electron chi connectivity index (χ0n) is 13.3. The van der Waals surface area contributed by atoms with Crippen LogP contribution in [0, 0.1) is 23.3 Å². The predicted molar refractivity (Wildman–Crippen MR) is 90.0 cm³/mol. The first-order chi connectivity index (χ1) is 12.4. The normalized spacial score (nSPS) is 10.6. The van der Waals surface area contributed by atoms with Crippen molar-refractivity contribution in [2.24, 2.45) is 0 Å². The molecule has 0 aliphatic rings. The van der Waals surface area contributed by atoms with Gasteiger partial charge < -0.3 is 9.84 Å². The molecule has 26 heavy (non-hydrogen) atoms. The number of phenolic OH excluding ortho intramolecular Hbond substituents is 1. The van der Waals surface area contributed by atoms with Crippen LogP contribution in [0.4, 0.5) is 17.6 Å². The highest BCUT2D eigenvalue weighted by molar-refractivity contribution is 5.65. The van der Waals surface area contributed by atoms with E-state index >= 15 is 0 Å². The van der Waals surface area contributed by atoms with Crippen molar-refractivity contribution in [1.82, 2.24) is 0 Å². The maximum Gasteiger partial charge on any atom is 0.205 e. The van der Waals surface area contributed by atoms with E-state index in [1.165, 1.54) is 24.3 Å². The zero-order valence-corrected chi connectivity index (χ0v) is 13.3. The van der Waals surface area contributed by atoms with Crippen molar-refractivity contribution in [3.05, 3.63) is 83.9 Å². The van der Waals surface area contributed by atoms with E-state index in [-0.39, 0.29) is 11.5 Å². The fraction of sp³-hybridized carbons (Fsp3) is 0. The number of phenols is 1. The molecule has 0 aliphatic carbocycles. The number of benzene rings is 3. The first-order valence-corrected chi connectivity index (χ1v) is 7.48. The number of rotatable bonds is 4. The summed E-state index contributed by atoms with van der Waals surface area (Å²) in [5, 5.41) is 9.29. The molecule has 0 bridgehead atoms. The van der Waals surface area contributed by atoms with E-state index in [0.29, 0.717) is 6.08 Å². The van der Waals surface area contributed by atoms with Gasteiger partial charge in [0.2, 0.25) is 17.4 Å². The molecule has 6 heteroatoms. The quantitative estimate of drug-likeness (QED) is 0.453. The molecule has 0 amide bonds. The molecule has 0 aromatic heterocycles. The van der Waals surface area contributed by atoms with Gasteiger partial charge in [0.05, 0.1) is 5.56 Å². The van der Waals surface area contributed by atoms with Crippen molar-refractivity contribution in [1.29, 1.82) is 0 Å². The Bertz CT molecular complexity index is 936. The number of hydrogen-bond acceptors (Lipinski definition) is 2. The second-order valence-corrected chi connectivity index (χ2v) is 5.38. The molecule has 0 aliphatic heterocycles. The number of ether oxygens (including phenoxy) is 1. The van der Waals surface area contributed by atoms with Crippen molar-refractivity contribution in [2.75, 3.05) is 0 Å². The second-order valence-electron chi connectivity index (χ2n) is 5.38. The molecule has 0 saturated carbocycles. The minimum absolute atomic E-state index is 0.00418. The largest absolute Gasteiger partial charge is 0.508 e. The van der Waals surface area contributed by atoms with Crippen LogP contribution in [-0.2, 0) is 0 Å². The van der Waals surface area contributed by atoms with Gasteiger partial charge in [0, 0.05) is 0 Å². The summed E-state index contributed by atoms with van der Waals surface area (Å²) in [6, 6.07) is 12.4. The molecule has 0 saturated heterocycles. The Labute approximate surface area is 146 Å². The van der Waals surface area contributed by atoms with Gasteiger partial charge in [-0.3, -0.25) is 0 Å². The van der Waals surface area contributed by atoms with Gasteiger partial charge in [0.15, 0.2) is 11.6 Å². The van der Waals surface area contributed by atoms with Crippen LogP contribution in [0.25, 0.3) is 17.2 Å². The van der Waals surface area contributed by atoms with Crippen molar-refractivity contribution >= 4 is 6.08 Å².